The van der Waals surface area contributed by atoms with E-state index < -0.39 is 17.6 Å². The summed E-state index contributed by atoms with van der Waals surface area (Å²) in [6.45, 7) is 1.87. The molecule has 0 saturated heterocycles. The highest BCUT2D eigenvalue weighted by molar-refractivity contribution is 7.09. The lowest BCUT2D eigenvalue weighted by Crippen LogP contribution is -2.05. The SMILES string of the molecule is CCOC(=O)c1snc(-c2cc(F)cc(F)c2)c1N. The minimum Gasteiger partial charge on any atom is -0.462 e. The van der Waals surface area contributed by atoms with Crippen molar-refractivity contribution in [1.82, 2.24) is 4.37 Å². The summed E-state index contributed by atoms with van der Waals surface area (Å²) in [6, 6.07) is 2.95. The molecule has 1 aromatic carbocycles. The highest BCUT2D eigenvalue weighted by Crippen LogP contribution is 2.32. The van der Waals surface area contributed by atoms with Gasteiger partial charge < -0.3 is 10.5 Å². The maximum absolute atomic E-state index is 13.1. The van der Waals surface area contributed by atoms with Crippen LogP contribution in [0.15, 0.2) is 18.2 Å². The number of esters is 1. The number of nitrogens with two attached hydrogens (primary N) is 1. The van der Waals surface area contributed by atoms with E-state index in [1.165, 1.54) is 0 Å². The third-order valence-electron chi connectivity index (χ3n) is 2.32. The number of ether oxygens (including phenoxy) is 1. The van der Waals surface area contributed by atoms with Crippen molar-refractivity contribution in [3.8, 4) is 11.3 Å². The first-order valence-corrected chi connectivity index (χ1v) is 6.19. The number of carbonyl (C=O) groups excluding carboxylic acids is 1. The second kappa shape index (κ2) is 5.31. The first-order chi connectivity index (χ1) is 9.02. The molecule has 0 amide bonds. The van der Waals surface area contributed by atoms with E-state index >= 15 is 0 Å². The number of benzene rings is 1. The molecule has 0 aliphatic rings. The molecule has 0 saturated carbocycles. The van der Waals surface area contributed by atoms with Crippen molar-refractivity contribution in [3.05, 3.63) is 34.7 Å². The Labute approximate surface area is 112 Å². The maximum Gasteiger partial charge on any atom is 0.352 e. The Morgan fingerprint density at radius 3 is 2.58 bits per heavy atom. The van der Waals surface area contributed by atoms with Crippen molar-refractivity contribution in [2.24, 2.45) is 0 Å². The molecule has 1 heterocycles. The summed E-state index contributed by atoms with van der Waals surface area (Å²) >= 11 is 0.836. The summed E-state index contributed by atoms with van der Waals surface area (Å²) < 4.78 is 35.0. The van der Waals surface area contributed by atoms with Gasteiger partial charge in [-0.3, -0.25) is 0 Å². The summed E-state index contributed by atoms with van der Waals surface area (Å²) in [7, 11) is 0. The molecule has 0 spiro atoms. The zero-order valence-corrected chi connectivity index (χ0v) is 10.8. The molecule has 2 aromatic rings. The van der Waals surface area contributed by atoms with E-state index in [4.69, 9.17) is 10.5 Å². The highest BCUT2D eigenvalue weighted by atomic mass is 32.1. The zero-order valence-electron chi connectivity index (χ0n) is 9.94. The Morgan fingerprint density at radius 2 is 2.00 bits per heavy atom. The standard InChI is InChI=1S/C12H10F2N2O2S/c1-2-18-12(17)11-9(15)10(16-19-11)6-3-7(13)5-8(14)4-6/h3-5H,2,15H2,1H3. The summed E-state index contributed by atoms with van der Waals surface area (Å²) in [5.41, 5.74) is 6.19. The van der Waals surface area contributed by atoms with Gasteiger partial charge in [0.2, 0.25) is 0 Å². The third kappa shape index (κ3) is 2.70. The normalized spacial score (nSPS) is 10.5. The number of nitrogens with zero attached hydrogens (tertiary/aromatic N) is 1. The topological polar surface area (TPSA) is 65.2 Å². The molecule has 100 valence electrons. The van der Waals surface area contributed by atoms with E-state index in [0.717, 1.165) is 29.7 Å². The fourth-order valence-electron chi connectivity index (χ4n) is 1.54. The van der Waals surface area contributed by atoms with Crippen LogP contribution < -0.4 is 5.73 Å². The summed E-state index contributed by atoms with van der Waals surface area (Å²) in [5.74, 6) is -2.07. The van der Waals surface area contributed by atoms with Gasteiger partial charge in [0, 0.05) is 11.6 Å². The van der Waals surface area contributed by atoms with Crippen LogP contribution >= 0.6 is 11.5 Å². The molecule has 2 rings (SSSR count). The van der Waals surface area contributed by atoms with Crippen LogP contribution in [0.2, 0.25) is 0 Å². The molecular formula is C12H10F2N2O2S. The number of hydrogen-bond donors (Lipinski definition) is 1. The van der Waals surface area contributed by atoms with Crippen molar-refractivity contribution in [3.63, 3.8) is 0 Å². The number of carbonyl (C=O) groups is 1. The minimum absolute atomic E-state index is 0.0634. The van der Waals surface area contributed by atoms with Crippen LogP contribution in [-0.4, -0.2) is 16.9 Å². The van der Waals surface area contributed by atoms with E-state index in [-0.39, 0.29) is 28.4 Å². The molecule has 0 unspecified atom stereocenters. The number of halogens is 2. The van der Waals surface area contributed by atoms with E-state index in [0.29, 0.717) is 0 Å². The van der Waals surface area contributed by atoms with Crippen LogP contribution in [0.3, 0.4) is 0 Å². The number of hydrogen-bond acceptors (Lipinski definition) is 5. The van der Waals surface area contributed by atoms with E-state index in [1.54, 1.807) is 6.92 Å². The van der Waals surface area contributed by atoms with E-state index in [2.05, 4.69) is 4.37 Å². The lowest BCUT2D eigenvalue weighted by Gasteiger charge is -2.02. The van der Waals surface area contributed by atoms with Gasteiger partial charge in [0.1, 0.15) is 17.3 Å². The number of anilines is 1. The van der Waals surface area contributed by atoms with Gasteiger partial charge in [0.25, 0.3) is 0 Å². The lowest BCUT2D eigenvalue weighted by molar-refractivity contribution is 0.0533. The average Bonchev–Trinajstić information content (AvgIpc) is 2.70. The first-order valence-electron chi connectivity index (χ1n) is 5.41. The smallest absolute Gasteiger partial charge is 0.352 e. The highest BCUT2D eigenvalue weighted by Gasteiger charge is 2.20. The Kier molecular flexibility index (Phi) is 3.75. The fraction of sp³-hybridized carbons (Fsp3) is 0.167. The predicted molar refractivity (Wildman–Crippen MR) is 67.8 cm³/mol. The first kappa shape index (κ1) is 13.4. The fourth-order valence-corrected chi connectivity index (χ4v) is 2.25. The summed E-state index contributed by atoms with van der Waals surface area (Å²) in [5, 5.41) is 0. The van der Waals surface area contributed by atoms with Gasteiger partial charge in [0.15, 0.2) is 4.88 Å². The summed E-state index contributed by atoms with van der Waals surface area (Å²) in [4.78, 5) is 11.7. The van der Waals surface area contributed by atoms with Gasteiger partial charge >= 0.3 is 5.97 Å². The molecule has 1 aromatic heterocycles. The predicted octanol–water partition coefficient (Wildman–Crippen LogP) is 2.85. The monoisotopic (exact) mass is 284 g/mol. The van der Waals surface area contributed by atoms with Gasteiger partial charge in [-0.15, -0.1) is 0 Å². The van der Waals surface area contributed by atoms with Crippen LogP contribution in [0.4, 0.5) is 14.5 Å². The lowest BCUT2D eigenvalue weighted by atomic mass is 10.1. The molecule has 2 N–H and O–H groups in total. The molecular weight excluding hydrogens is 274 g/mol. The van der Waals surface area contributed by atoms with Gasteiger partial charge in [-0.05, 0) is 30.6 Å². The van der Waals surface area contributed by atoms with Crippen molar-refractivity contribution < 1.29 is 18.3 Å². The minimum atomic E-state index is -0.736. The molecule has 19 heavy (non-hydrogen) atoms. The molecule has 0 aliphatic heterocycles. The van der Waals surface area contributed by atoms with Crippen LogP contribution in [0.25, 0.3) is 11.3 Å². The van der Waals surface area contributed by atoms with Crippen LogP contribution in [0.1, 0.15) is 16.6 Å². The Morgan fingerprint density at radius 1 is 1.37 bits per heavy atom. The van der Waals surface area contributed by atoms with Crippen LogP contribution in [-0.2, 0) is 4.74 Å². The molecule has 0 radical (unpaired) electrons. The molecule has 0 fully saturated rings. The second-order valence-corrected chi connectivity index (χ2v) is 4.43. The largest absolute Gasteiger partial charge is 0.462 e. The van der Waals surface area contributed by atoms with Crippen molar-refractivity contribution in [1.29, 1.82) is 0 Å². The Bertz CT molecular complexity index is 608. The van der Waals surface area contributed by atoms with Gasteiger partial charge in [-0.1, -0.05) is 0 Å². The molecule has 4 nitrogen and oxygen atoms in total. The van der Waals surface area contributed by atoms with E-state index in [9.17, 15) is 13.6 Å². The van der Waals surface area contributed by atoms with Gasteiger partial charge in [-0.25, -0.2) is 13.6 Å². The van der Waals surface area contributed by atoms with Crippen molar-refractivity contribution in [2.75, 3.05) is 12.3 Å². The van der Waals surface area contributed by atoms with Crippen LogP contribution in [0.5, 0.6) is 0 Å². The zero-order chi connectivity index (χ0) is 14.0. The quantitative estimate of drug-likeness (QED) is 0.880. The third-order valence-corrected chi connectivity index (χ3v) is 3.17. The Balaban J connectivity index is 2.44. The molecule has 7 heteroatoms. The summed E-state index contributed by atoms with van der Waals surface area (Å²) in [6.07, 6.45) is 0. The van der Waals surface area contributed by atoms with Crippen molar-refractivity contribution in [2.45, 2.75) is 6.92 Å². The maximum atomic E-state index is 13.1. The Hall–Kier alpha value is -2.02. The van der Waals surface area contributed by atoms with Gasteiger partial charge in [0.05, 0.1) is 12.3 Å². The molecule has 0 atom stereocenters. The average molecular weight is 284 g/mol. The second-order valence-electron chi connectivity index (χ2n) is 3.65. The number of aromatic nitrogens is 1. The number of nitrogen functional groups attached to an aromatic ring is 1. The molecule has 0 bridgehead atoms. The van der Waals surface area contributed by atoms with Gasteiger partial charge in [-0.2, -0.15) is 4.37 Å². The molecule has 0 aliphatic carbocycles. The van der Waals surface area contributed by atoms with Crippen molar-refractivity contribution >= 4 is 23.2 Å². The van der Waals surface area contributed by atoms with E-state index in [1.807, 2.05) is 0 Å². The number of rotatable bonds is 3. The van der Waals surface area contributed by atoms with Crippen LogP contribution in [0, 0.1) is 11.6 Å².